The Hall–Kier alpha value is 2.12. The van der Waals surface area contributed by atoms with Crippen LogP contribution >= 0.6 is 141 Å². The molecule has 190 valence electrons. The maximum absolute atomic E-state index is 2.52. The first-order valence-electron chi connectivity index (χ1n) is 11.1. The van der Waals surface area contributed by atoms with Crippen molar-refractivity contribution >= 4 is 141 Å². The van der Waals surface area contributed by atoms with Gasteiger partial charge in [0.15, 0.2) is 0 Å². The van der Waals surface area contributed by atoms with Crippen molar-refractivity contribution in [1.29, 1.82) is 0 Å². The number of hydrogen-bond acceptors (Lipinski definition) is 12. The van der Waals surface area contributed by atoms with Crippen molar-refractivity contribution in [2.24, 2.45) is 0 Å². The maximum atomic E-state index is 2.52. The van der Waals surface area contributed by atoms with Crippen LogP contribution in [0, 0.1) is 0 Å². The van der Waals surface area contributed by atoms with Crippen LogP contribution in [0.25, 0.3) is 0 Å². The van der Waals surface area contributed by atoms with Crippen LogP contribution in [0.15, 0.2) is 76.8 Å². The monoisotopic (exact) mass is 694 g/mol. The van der Waals surface area contributed by atoms with Crippen LogP contribution in [0.3, 0.4) is 0 Å². The maximum Gasteiger partial charge on any atom is 0.0660 e. The smallest absolute Gasteiger partial charge is 0.0660 e. The van der Waals surface area contributed by atoms with Gasteiger partial charge in [0.25, 0.3) is 0 Å². The SMILES string of the molecule is CC1=C(C)SC(=CC(=C2SC3=C(SCCS3)S2)C(C=C2SC3=C(SCCS3)S2)=C2SC(C)=C(C)S2)S1. The molecule has 0 N–H and O–H groups in total. The van der Waals surface area contributed by atoms with E-state index in [1.54, 1.807) is 0 Å². The summed E-state index contributed by atoms with van der Waals surface area (Å²) in [6.07, 6.45) is 5.02. The molecule has 0 radical (unpaired) electrons. The summed E-state index contributed by atoms with van der Waals surface area (Å²) in [5, 5.41) is 0. The highest BCUT2D eigenvalue weighted by atomic mass is 32.3. The van der Waals surface area contributed by atoms with E-state index in [9.17, 15) is 0 Å². The Bertz CT molecular complexity index is 1200. The second kappa shape index (κ2) is 12.5. The first-order chi connectivity index (χ1) is 17.4. The molecule has 0 atom stereocenters. The highest BCUT2D eigenvalue weighted by Crippen LogP contribution is 2.64. The van der Waals surface area contributed by atoms with Crippen molar-refractivity contribution in [3.8, 4) is 0 Å². The molecule has 6 aliphatic rings. The highest BCUT2D eigenvalue weighted by molar-refractivity contribution is 8.42. The molecule has 6 heterocycles. The predicted octanol–water partition coefficient (Wildman–Crippen LogP) is 12.7. The average Bonchev–Trinajstić information content (AvgIpc) is 3.62. The van der Waals surface area contributed by atoms with Crippen molar-refractivity contribution in [2.45, 2.75) is 27.7 Å². The molecule has 0 saturated heterocycles. The Morgan fingerprint density at radius 3 is 1.22 bits per heavy atom. The number of rotatable bonds is 3. The van der Waals surface area contributed by atoms with E-state index in [1.165, 1.54) is 87.7 Å². The number of thioether (sulfide) groups is 12. The summed E-state index contributed by atoms with van der Waals surface area (Å²) in [7, 11) is 0. The third-order valence-corrected chi connectivity index (χ3v) is 22.1. The standard InChI is InChI=1S/C24H22S12/c1-11-12(2)30-17(29-11)9-16(20-35-23-24(36-20)28-8-7-27-23)15(19-31-13(3)14(4)32-19)10-18-33-21-22(34-18)26-6-5-25-21/h9-10H,5-8H2,1-4H3. The van der Waals surface area contributed by atoms with Crippen LogP contribution in [0.1, 0.15) is 27.7 Å². The minimum Gasteiger partial charge on any atom is -0.116 e. The fourth-order valence-corrected chi connectivity index (χ4v) is 20.3. The van der Waals surface area contributed by atoms with E-state index in [0.29, 0.717) is 0 Å². The molecule has 36 heavy (non-hydrogen) atoms. The topological polar surface area (TPSA) is 0 Å². The summed E-state index contributed by atoms with van der Waals surface area (Å²) < 4.78 is 11.8. The fourth-order valence-electron chi connectivity index (χ4n) is 3.43. The van der Waals surface area contributed by atoms with E-state index in [2.05, 4.69) is 39.8 Å². The zero-order valence-electron chi connectivity index (χ0n) is 19.9. The lowest BCUT2D eigenvalue weighted by molar-refractivity contribution is 1.56. The molecule has 12 heteroatoms. The van der Waals surface area contributed by atoms with Crippen molar-refractivity contribution < 1.29 is 0 Å². The van der Waals surface area contributed by atoms with Crippen LogP contribution in [0.4, 0.5) is 0 Å². The van der Waals surface area contributed by atoms with Crippen LogP contribution < -0.4 is 0 Å². The summed E-state index contributed by atoms with van der Waals surface area (Å²) in [6.45, 7) is 9.06. The molecule has 0 aromatic rings. The third-order valence-electron chi connectivity index (χ3n) is 5.43. The lowest BCUT2D eigenvalue weighted by atomic mass is 10.1. The highest BCUT2D eigenvalue weighted by Gasteiger charge is 2.31. The summed E-state index contributed by atoms with van der Waals surface area (Å²) in [6, 6.07) is 0. The molecule has 6 aliphatic heterocycles. The average molecular weight is 695 g/mol. The summed E-state index contributed by atoms with van der Waals surface area (Å²) in [5.74, 6) is 4.91. The van der Waals surface area contributed by atoms with E-state index in [-0.39, 0.29) is 0 Å². The molecule has 6 rings (SSSR count). The van der Waals surface area contributed by atoms with E-state index in [0.717, 1.165) is 0 Å². The molecule has 0 saturated carbocycles. The molecule has 0 nitrogen and oxygen atoms in total. The van der Waals surface area contributed by atoms with Gasteiger partial charge in [-0.1, -0.05) is 94.1 Å². The molecular formula is C24H22S12. The number of allylic oxidation sites excluding steroid dienone is 8. The molecule has 0 bridgehead atoms. The molecule has 0 unspecified atom stereocenters. The van der Waals surface area contributed by atoms with E-state index in [1.807, 2.05) is 141 Å². The fraction of sp³-hybridized carbons (Fsp3) is 0.333. The minimum atomic E-state index is 1.22. The molecule has 0 amide bonds. The van der Waals surface area contributed by atoms with Crippen LogP contribution in [0.5, 0.6) is 0 Å². The summed E-state index contributed by atoms with van der Waals surface area (Å²) in [4.78, 5) is 5.74. The van der Waals surface area contributed by atoms with Gasteiger partial charge in [-0.15, -0.1) is 47.0 Å². The van der Waals surface area contributed by atoms with Gasteiger partial charge in [-0.25, -0.2) is 0 Å². The van der Waals surface area contributed by atoms with Gasteiger partial charge in [0.2, 0.25) is 0 Å². The molecule has 0 aliphatic carbocycles. The van der Waals surface area contributed by atoms with Crippen LogP contribution in [-0.2, 0) is 0 Å². The van der Waals surface area contributed by atoms with Crippen molar-refractivity contribution in [3.05, 3.63) is 76.8 Å². The van der Waals surface area contributed by atoms with Crippen molar-refractivity contribution in [1.82, 2.24) is 0 Å². The van der Waals surface area contributed by atoms with Gasteiger partial charge in [0.05, 0.1) is 29.7 Å². The van der Waals surface area contributed by atoms with Gasteiger partial charge >= 0.3 is 0 Å². The van der Waals surface area contributed by atoms with Crippen LogP contribution in [0.2, 0.25) is 0 Å². The van der Waals surface area contributed by atoms with Gasteiger partial charge in [0.1, 0.15) is 0 Å². The molecule has 0 fully saturated rings. The summed E-state index contributed by atoms with van der Waals surface area (Å²) in [5.41, 5.74) is 2.82. The summed E-state index contributed by atoms with van der Waals surface area (Å²) >= 11 is 24.0. The van der Waals surface area contributed by atoms with Gasteiger partial charge < -0.3 is 0 Å². The Labute approximate surface area is 265 Å². The normalized spacial score (nSPS) is 24.4. The van der Waals surface area contributed by atoms with Gasteiger partial charge in [-0.05, 0) is 59.5 Å². The zero-order valence-corrected chi connectivity index (χ0v) is 29.7. The quantitative estimate of drug-likeness (QED) is 0.276. The van der Waals surface area contributed by atoms with Crippen molar-refractivity contribution in [3.63, 3.8) is 0 Å². The Morgan fingerprint density at radius 1 is 0.444 bits per heavy atom. The molecule has 0 aromatic carbocycles. The van der Waals surface area contributed by atoms with Crippen molar-refractivity contribution in [2.75, 3.05) is 23.0 Å². The second-order valence-corrected chi connectivity index (χ2v) is 23.5. The molecule has 0 aromatic heterocycles. The first-order valence-corrected chi connectivity index (χ1v) is 21.6. The second-order valence-electron chi connectivity index (χ2n) is 7.91. The lowest BCUT2D eigenvalue weighted by Crippen LogP contribution is -1.91. The van der Waals surface area contributed by atoms with Gasteiger partial charge in [-0.2, -0.15) is 0 Å². The third kappa shape index (κ3) is 6.30. The largest absolute Gasteiger partial charge is 0.116 e. The predicted molar refractivity (Wildman–Crippen MR) is 192 cm³/mol. The number of hydrogen-bond donors (Lipinski definition) is 0. The van der Waals surface area contributed by atoms with E-state index < -0.39 is 0 Å². The van der Waals surface area contributed by atoms with E-state index >= 15 is 0 Å². The molecular weight excluding hydrogens is 673 g/mol. The first kappa shape index (κ1) is 28.2. The minimum absolute atomic E-state index is 1.22. The van der Waals surface area contributed by atoms with E-state index in [4.69, 9.17) is 0 Å². The zero-order chi connectivity index (χ0) is 24.8. The Kier molecular flexibility index (Phi) is 9.85. The van der Waals surface area contributed by atoms with Gasteiger partial charge in [-0.3, -0.25) is 0 Å². The molecule has 0 spiro atoms. The Morgan fingerprint density at radius 2 is 0.778 bits per heavy atom. The Balaban J connectivity index is 1.43. The van der Waals surface area contributed by atoms with Crippen LogP contribution in [-0.4, -0.2) is 23.0 Å². The van der Waals surface area contributed by atoms with Gasteiger partial charge in [0, 0.05) is 38.4 Å². The lowest BCUT2D eigenvalue weighted by Gasteiger charge is -2.14.